The Morgan fingerprint density at radius 3 is 2.80 bits per heavy atom. The van der Waals surface area contributed by atoms with Crippen molar-refractivity contribution in [3.05, 3.63) is 23.8 Å². The maximum Gasteiger partial charge on any atom is 0.148 e. The second-order valence-electron chi connectivity index (χ2n) is 4.28. The summed E-state index contributed by atoms with van der Waals surface area (Å²) in [6.45, 7) is 5.20. The molecule has 0 bridgehead atoms. The molecule has 0 saturated heterocycles. The molecule has 4 nitrogen and oxygen atoms in total. The summed E-state index contributed by atoms with van der Waals surface area (Å²) >= 11 is 0. The average molecular weight is 277 g/mol. The summed E-state index contributed by atoms with van der Waals surface area (Å²) in [6, 6.07) is 5.84. The van der Waals surface area contributed by atoms with Crippen LogP contribution in [-0.2, 0) is 11.3 Å². The fraction of sp³-hybridized carbons (Fsp3) is 0.500. The van der Waals surface area contributed by atoms with Gasteiger partial charge in [0.1, 0.15) is 18.1 Å². The van der Waals surface area contributed by atoms with Gasteiger partial charge in [0.25, 0.3) is 0 Å². The van der Waals surface area contributed by atoms with Crippen molar-refractivity contribution in [3.8, 4) is 23.8 Å². The van der Waals surface area contributed by atoms with Crippen molar-refractivity contribution in [2.24, 2.45) is 0 Å². The number of benzene rings is 1. The van der Waals surface area contributed by atoms with Gasteiger partial charge in [-0.1, -0.05) is 18.9 Å². The van der Waals surface area contributed by atoms with E-state index >= 15 is 0 Å². The lowest BCUT2D eigenvalue weighted by atomic mass is 10.2. The SMILES string of the molecule is C#CCOc1cc(OCCC)ccc1CNCCOC. The molecule has 1 aromatic carbocycles. The Hall–Kier alpha value is -1.70. The molecule has 0 aromatic heterocycles. The van der Waals surface area contributed by atoms with Crippen LogP contribution in [0.4, 0.5) is 0 Å². The Balaban J connectivity index is 2.67. The second-order valence-corrected chi connectivity index (χ2v) is 4.28. The molecule has 0 saturated carbocycles. The van der Waals surface area contributed by atoms with E-state index in [1.54, 1.807) is 7.11 Å². The van der Waals surface area contributed by atoms with Crippen LogP contribution >= 0.6 is 0 Å². The third-order valence-corrected chi connectivity index (χ3v) is 2.62. The fourth-order valence-electron chi connectivity index (χ4n) is 1.64. The Morgan fingerprint density at radius 2 is 2.10 bits per heavy atom. The van der Waals surface area contributed by atoms with E-state index in [2.05, 4.69) is 18.2 Å². The second kappa shape index (κ2) is 10.1. The molecule has 4 heteroatoms. The third-order valence-electron chi connectivity index (χ3n) is 2.62. The molecule has 1 rings (SSSR count). The van der Waals surface area contributed by atoms with E-state index in [4.69, 9.17) is 20.6 Å². The van der Waals surface area contributed by atoms with Crippen LogP contribution in [-0.4, -0.2) is 33.5 Å². The highest BCUT2D eigenvalue weighted by atomic mass is 16.5. The van der Waals surface area contributed by atoms with Gasteiger partial charge in [0.05, 0.1) is 13.2 Å². The van der Waals surface area contributed by atoms with E-state index in [-0.39, 0.29) is 6.61 Å². The maximum absolute atomic E-state index is 5.60. The predicted octanol–water partition coefficient (Wildman–Crippen LogP) is 2.22. The highest BCUT2D eigenvalue weighted by Gasteiger charge is 2.06. The summed E-state index contributed by atoms with van der Waals surface area (Å²) in [4.78, 5) is 0. The van der Waals surface area contributed by atoms with Crippen molar-refractivity contribution in [1.82, 2.24) is 5.32 Å². The molecular weight excluding hydrogens is 254 g/mol. The maximum atomic E-state index is 5.60. The molecule has 0 aliphatic rings. The van der Waals surface area contributed by atoms with E-state index in [1.807, 2.05) is 18.2 Å². The standard InChI is InChI=1S/C16H23NO3/c1-4-9-19-15-7-6-14(13-17-8-11-18-3)16(12-15)20-10-5-2/h2,6-7,12,17H,4,8-11,13H2,1,3H3. The number of hydrogen-bond acceptors (Lipinski definition) is 4. The summed E-state index contributed by atoms with van der Waals surface area (Å²) in [6.07, 6.45) is 6.22. The van der Waals surface area contributed by atoms with Gasteiger partial charge in [0, 0.05) is 31.8 Å². The van der Waals surface area contributed by atoms with Crippen LogP contribution < -0.4 is 14.8 Å². The Labute approximate surface area is 121 Å². The van der Waals surface area contributed by atoms with Crippen molar-refractivity contribution in [2.45, 2.75) is 19.9 Å². The van der Waals surface area contributed by atoms with Crippen molar-refractivity contribution in [3.63, 3.8) is 0 Å². The minimum Gasteiger partial charge on any atom is -0.493 e. The van der Waals surface area contributed by atoms with Gasteiger partial charge >= 0.3 is 0 Å². The average Bonchev–Trinajstić information content (AvgIpc) is 2.48. The number of nitrogens with one attached hydrogen (secondary N) is 1. The molecule has 0 fully saturated rings. The number of terminal acetylenes is 1. The van der Waals surface area contributed by atoms with E-state index in [0.29, 0.717) is 19.8 Å². The van der Waals surface area contributed by atoms with E-state index in [0.717, 1.165) is 30.0 Å². The largest absolute Gasteiger partial charge is 0.493 e. The van der Waals surface area contributed by atoms with Crippen LogP contribution in [0, 0.1) is 12.3 Å². The molecule has 0 aliphatic heterocycles. The molecule has 1 N–H and O–H groups in total. The Morgan fingerprint density at radius 1 is 1.25 bits per heavy atom. The third kappa shape index (κ3) is 5.96. The van der Waals surface area contributed by atoms with Gasteiger partial charge in [-0.25, -0.2) is 0 Å². The number of ether oxygens (including phenoxy) is 3. The first-order valence-corrected chi connectivity index (χ1v) is 6.83. The molecule has 0 heterocycles. The van der Waals surface area contributed by atoms with Gasteiger partial charge in [-0.2, -0.15) is 0 Å². The zero-order valence-electron chi connectivity index (χ0n) is 12.3. The highest BCUT2D eigenvalue weighted by Crippen LogP contribution is 2.25. The van der Waals surface area contributed by atoms with Gasteiger partial charge in [0.2, 0.25) is 0 Å². The van der Waals surface area contributed by atoms with Crippen molar-refractivity contribution in [2.75, 3.05) is 33.5 Å². The monoisotopic (exact) mass is 277 g/mol. The lowest BCUT2D eigenvalue weighted by molar-refractivity contribution is 0.199. The van der Waals surface area contributed by atoms with Crippen LogP contribution in [0.1, 0.15) is 18.9 Å². The molecule has 0 amide bonds. The van der Waals surface area contributed by atoms with Gasteiger partial charge in [-0.3, -0.25) is 0 Å². The summed E-state index contributed by atoms with van der Waals surface area (Å²) in [5.41, 5.74) is 1.06. The zero-order valence-corrected chi connectivity index (χ0v) is 12.3. The van der Waals surface area contributed by atoms with E-state index in [9.17, 15) is 0 Å². The lowest BCUT2D eigenvalue weighted by Crippen LogP contribution is -2.19. The summed E-state index contributed by atoms with van der Waals surface area (Å²) in [7, 11) is 1.68. The number of hydrogen-bond donors (Lipinski definition) is 1. The smallest absolute Gasteiger partial charge is 0.148 e. The molecule has 110 valence electrons. The van der Waals surface area contributed by atoms with Crippen molar-refractivity contribution < 1.29 is 14.2 Å². The normalized spacial score (nSPS) is 10.1. The summed E-state index contributed by atoms with van der Waals surface area (Å²) < 4.78 is 16.2. The van der Waals surface area contributed by atoms with E-state index < -0.39 is 0 Å². The van der Waals surface area contributed by atoms with Crippen LogP contribution in [0.15, 0.2) is 18.2 Å². The van der Waals surface area contributed by atoms with Crippen molar-refractivity contribution >= 4 is 0 Å². The fourth-order valence-corrected chi connectivity index (χ4v) is 1.64. The number of rotatable bonds is 10. The summed E-state index contributed by atoms with van der Waals surface area (Å²) in [5.74, 6) is 4.05. The lowest BCUT2D eigenvalue weighted by Gasteiger charge is -2.13. The molecule has 0 atom stereocenters. The highest BCUT2D eigenvalue weighted by molar-refractivity contribution is 5.41. The Bertz CT molecular complexity index is 426. The quantitative estimate of drug-likeness (QED) is 0.526. The van der Waals surface area contributed by atoms with Gasteiger partial charge in [-0.15, -0.1) is 6.42 Å². The molecule has 0 unspecified atom stereocenters. The minimum atomic E-state index is 0.252. The van der Waals surface area contributed by atoms with Crippen LogP contribution in [0.3, 0.4) is 0 Å². The van der Waals surface area contributed by atoms with Crippen LogP contribution in [0.25, 0.3) is 0 Å². The van der Waals surface area contributed by atoms with Crippen LogP contribution in [0.5, 0.6) is 11.5 Å². The molecule has 0 aliphatic carbocycles. The van der Waals surface area contributed by atoms with E-state index in [1.165, 1.54) is 0 Å². The van der Waals surface area contributed by atoms with Gasteiger partial charge in [0.15, 0.2) is 0 Å². The molecule has 1 aromatic rings. The topological polar surface area (TPSA) is 39.7 Å². The molecule has 0 spiro atoms. The van der Waals surface area contributed by atoms with Gasteiger partial charge in [-0.05, 0) is 12.5 Å². The number of methoxy groups -OCH3 is 1. The molecule has 20 heavy (non-hydrogen) atoms. The molecule has 0 radical (unpaired) electrons. The predicted molar refractivity (Wildman–Crippen MR) is 80.1 cm³/mol. The Kier molecular flexibility index (Phi) is 8.28. The van der Waals surface area contributed by atoms with Crippen LogP contribution in [0.2, 0.25) is 0 Å². The molecular formula is C16H23NO3. The summed E-state index contributed by atoms with van der Waals surface area (Å²) in [5, 5.41) is 3.28. The minimum absolute atomic E-state index is 0.252. The first-order chi connectivity index (χ1) is 9.81. The first kappa shape index (κ1) is 16.4. The van der Waals surface area contributed by atoms with Gasteiger partial charge < -0.3 is 19.5 Å². The first-order valence-electron chi connectivity index (χ1n) is 6.83. The van der Waals surface area contributed by atoms with Crippen molar-refractivity contribution in [1.29, 1.82) is 0 Å². The zero-order chi connectivity index (χ0) is 14.6.